The number of carbonyl (C=O) groups is 1. The maximum atomic E-state index is 13.1. The van der Waals surface area contributed by atoms with E-state index in [0.717, 1.165) is 24.1 Å². The predicted molar refractivity (Wildman–Crippen MR) is 98.8 cm³/mol. The van der Waals surface area contributed by atoms with Crippen molar-refractivity contribution in [2.45, 2.75) is 24.8 Å². The van der Waals surface area contributed by atoms with Gasteiger partial charge in [0.15, 0.2) is 0 Å². The van der Waals surface area contributed by atoms with Gasteiger partial charge in [-0.15, -0.1) is 0 Å². The van der Waals surface area contributed by atoms with Crippen LogP contribution in [0.5, 0.6) is 0 Å². The number of hydrogen-bond acceptors (Lipinski definition) is 4. The Morgan fingerprint density at radius 1 is 1.28 bits per heavy atom. The van der Waals surface area contributed by atoms with Crippen molar-refractivity contribution < 1.29 is 9.90 Å². The average molecular weight is 339 g/mol. The number of likely N-dealkylation sites (tertiary alicyclic amines) is 1. The van der Waals surface area contributed by atoms with Crippen LogP contribution in [0, 0.1) is 0 Å². The van der Waals surface area contributed by atoms with Crippen molar-refractivity contribution in [3.63, 3.8) is 0 Å². The van der Waals surface area contributed by atoms with Gasteiger partial charge < -0.3 is 14.9 Å². The molecule has 1 saturated heterocycles. The first-order chi connectivity index (χ1) is 12.1. The molecule has 1 unspecified atom stereocenters. The number of hydrogen-bond donors (Lipinski definition) is 1. The highest BCUT2D eigenvalue weighted by atomic mass is 16.3. The van der Waals surface area contributed by atoms with Crippen LogP contribution in [0.25, 0.3) is 0 Å². The fraction of sp³-hybridized carbons (Fsp3) is 0.400. The zero-order valence-electron chi connectivity index (χ0n) is 14.9. The second-order valence-electron chi connectivity index (χ2n) is 6.90. The minimum atomic E-state index is -0.547. The minimum Gasteiger partial charge on any atom is -0.394 e. The molecule has 0 aliphatic carbocycles. The van der Waals surface area contributed by atoms with E-state index in [1.54, 1.807) is 6.20 Å². The average Bonchev–Trinajstić information content (AvgIpc) is 3.06. The van der Waals surface area contributed by atoms with Crippen LogP contribution in [-0.2, 0) is 6.42 Å². The topological polar surface area (TPSA) is 56.7 Å². The van der Waals surface area contributed by atoms with Gasteiger partial charge in [-0.25, -0.2) is 0 Å². The number of amides is 1. The lowest BCUT2D eigenvalue weighted by Gasteiger charge is -2.37. The molecule has 0 spiro atoms. The molecule has 1 aliphatic rings. The zero-order valence-corrected chi connectivity index (χ0v) is 14.9. The summed E-state index contributed by atoms with van der Waals surface area (Å²) in [7, 11) is 3.87. The fourth-order valence-electron chi connectivity index (χ4n) is 3.59. The van der Waals surface area contributed by atoms with Gasteiger partial charge in [-0.05, 0) is 37.0 Å². The number of anilines is 1. The van der Waals surface area contributed by atoms with E-state index in [0.29, 0.717) is 18.7 Å². The van der Waals surface area contributed by atoms with Crippen molar-refractivity contribution in [3.05, 3.63) is 59.9 Å². The molecule has 2 aromatic rings. The third-order valence-electron chi connectivity index (χ3n) is 4.99. The number of aliphatic hydroxyl groups excluding tert-OH is 1. The minimum absolute atomic E-state index is 0.0407. The summed E-state index contributed by atoms with van der Waals surface area (Å²) in [6.07, 6.45) is 4.02. The monoisotopic (exact) mass is 339 g/mol. The predicted octanol–water partition coefficient (Wildman–Crippen LogP) is 2.36. The first-order valence-corrected chi connectivity index (χ1v) is 8.66. The molecule has 1 aromatic carbocycles. The van der Waals surface area contributed by atoms with Crippen LogP contribution in [0.15, 0.2) is 48.7 Å². The van der Waals surface area contributed by atoms with Gasteiger partial charge in [-0.2, -0.15) is 0 Å². The third-order valence-corrected chi connectivity index (χ3v) is 4.99. The van der Waals surface area contributed by atoms with E-state index < -0.39 is 5.54 Å². The van der Waals surface area contributed by atoms with Gasteiger partial charge in [0, 0.05) is 32.5 Å². The molecule has 2 heterocycles. The molecule has 0 bridgehead atoms. The number of nitrogens with zero attached hydrogens (tertiary/aromatic N) is 3. The fourth-order valence-corrected chi connectivity index (χ4v) is 3.59. The molecule has 1 N–H and O–H groups in total. The van der Waals surface area contributed by atoms with Crippen LogP contribution >= 0.6 is 0 Å². The lowest BCUT2D eigenvalue weighted by atomic mass is 9.88. The summed E-state index contributed by atoms with van der Waals surface area (Å²) in [5, 5.41) is 10.2. The molecule has 0 saturated carbocycles. The number of pyridine rings is 1. The summed E-state index contributed by atoms with van der Waals surface area (Å²) in [5.41, 5.74) is 1.95. The van der Waals surface area contributed by atoms with Gasteiger partial charge >= 0.3 is 0 Å². The Bertz CT molecular complexity index is 733. The number of rotatable bonds is 5. The molecular formula is C20H25N3O2. The van der Waals surface area contributed by atoms with E-state index in [2.05, 4.69) is 4.98 Å². The molecule has 132 valence electrons. The Hall–Kier alpha value is -2.40. The van der Waals surface area contributed by atoms with Crippen molar-refractivity contribution in [1.29, 1.82) is 0 Å². The van der Waals surface area contributed by atoms with Gasteiger partial charge in [-0.1, -0.05) is 30.3 Å². The second kappa shape index (κ2) is 7.23. The van der Waals surface area contributed by atoms with Gasteiger partial charge in [0.25, 0.3) is 5.91 Å². The van der Waals surface area contributed by atoms with Gasteiger partial charge in [0.2, 0.25) is 0 Å². The molecule has 1 fully saturated rings. The van der Waals surface area contributed by atoms with Crippen molar-refractivity contribution >= 4 is 11.6 Å². The molecule has 1 aromatic heterocycles. The van der Waals surface area contributed by atoms with Crippen LogP contribution in [0.3, 0.4) is 0 Å². The molecule has 25 heavy (non-hydrogen) atoms. The Balaban J connectivity index is 1.89. The maximum Gasteiger partial charge on any atom is 0.273 e. The second-order valence-corrected chi connectivity index (χ2v) is 6.90. The first-order valence-electron chi connectivity index (χ1n) is 8.66. The highest BCUT2D eigenvalue weighted by Gasteiger charge is 2.43. The van der Waals surface area contributed by atoms with Gasteiger partial charge in [0.05, 0.1) is 12.1 Å². The normalized spacial score (nSPS) is 19.9. The van der Waals surface area contributed by atoms with Gasteiger partial charge in [-0.3, -0.25) is 9.78 Å². The van der Waals surface area contributed by atoms with Crippen LogP contribution in [0.2, 0.25) is 0 Å². The third kappa shape index (κ3) is 3.51. The molecule has 5 nitrogen and oxygen atoms in total. The summed E-state index contributed by atoms with van der Waals surface area (Å²) < 4.78 is 0. The van der Waals surface area contributed by atoms with Crippen molar-refractivity contribution in [3.8, 4) is 0 Å². The van der Waals surface area contributed by atoms with E-state index >= 15 is 0 Å². The van der Waals surface area contributed by atoms with E-state index in [-0.39, 0.29) is 12.5 Å². The zero-order chi connectivity index (χ0) is 17.9. The summed E-state index contributed by atoms with van der Waals surface area (Å²) >= 11 is 0. The molecule has 3 rings (SSSR count). The maximum absolute atomic E-state index is 13.1. The Morgan fingerprint density at radius 2 is 2.04 bits per heavy atom. The number of aliphatic hydroxyl groups is 1. The van der Waals surface area contributed by atoms with Crippen LogP contribution in [-0.4, -0.2) is 53.7 Å². The largest absolute Gasteiger partial charge is 0.394 e. The van der Waals surface area contributed by atoms with E-state index in [1.807, 2.05) is 66.4 Å². The number of carbonyl (C=O) groups excluding carboxylic acids is 1. The van der Waals surface area contributed by atoms with E-state index in [1.165, 1.54) is 0 Å². The summed E-state index contributed by atoms with van der Waals surface area (Å²) in [4.78, 5) is 21.2. The summed E-state index contributed by atoms with van der Waals surface area (Å²) in [5.74, 6) is -0.105. The SMILES string of the molecule is CN(C)c1ccnc(C(=O)N2CCCC2(CO)Cc2ccccc2)c1. The molecular weight excluding hydrogens is 314 g/mol. The smallest absolute Gasteiger partial charge is 0.273 e. The van der Waals surface area contributed by atoms with E-state index in [9.17, 15) is 9.90 Å². The molecule has 5 heteroatoms. The standard InChI is InChI=1S/C20H25N3O2/c1-22(2)17-9-11-21-18(13-17)19(25)23-12-6-10-20(23,15-24)14-16-7-4-3-5-8-16/h3-5,7-9,11,13,24H,6,10,12,14-15H2,1-2H3. The van der Waals surface area contributed by atoms with Crippen LogP contribution < -0.4 is 4.90 Å². The van der Waals surface area contributed by atoms with Gasteiger partial charge in [0.1, 0.15) is 5.69 Å². The Labute approximate surface area is 148 Å². The number of benzene rings is 1. The summed E-state index contributed by atoms with van der Waals surface area (Å²) in [6, 6.07) is 13.7. The molecule has 1 atom stereocenters. The first kappa shape index (κ1) is 17.4. The van der Waals surface area contributed by atoms with E-state index in [4.69, 9.17) is 0 Å². The van der Waals surface area contributed by atoms with Crippen molar-refractivity contribution in [2.24, 2.45) is 0 Å². The highest BCUT2D eigenvalue weighted by molar-refractivity contribution is 5.94. The van der Waals surface area contributed by atoms with Crippen LogP contribution in [0.1, 0.15) is 28.9 Å². The molecule has 1 amide bonds. The highest BCUT2D eigenvalue weighted by Crippen LogP contribution is 2.34. The van der Waals surface area contributed by atoms with Crippen molar-refractivity contribution in [2.75, 3.05) is 32.1 Å². The molecule has 0 radical (unpaired) electrons. The Morgan fingerprint density at radius 3 is 2.72 bits per heavy atom. The molecule has 1 aliphatic heterocycles. The lowest BCUT2D eigenvalue weighted by molar-refractivity contribution is 0.0407. The van der Waals surface area contributed by atoms with Crippen molar-refractivity contribution in [1.82, 2.24) is 9.88 Å². The Kier molecular flexibility index (Phi) is 5.04. The lowest BCUT2D eigenvalue weighted by Crippen LogP contribution is -2.51. The quantitative estimate of drug-likeness (QED) is 0.908. The van der Waals surface area contributed by atoms with Crippen LogP contribution in [0.4, 0.5) is 5.69 Å². The number of aromatic nitrogens is 1. The summed E-state index contributed by atoms with van der Waals surface area (Å²) in [6.45, 7) is 0.612.